The number of hydrogen-bond donors (Lipinski definition) is 1. The zero-order valence-corrected chi connectivity index (χ0v) is 15.6. The van der Waals surface area contributed by atoms with E-state index < -0.39 is 0 Å². The first-order valence-electron chi connectivity index (χ1n) is 8.96. The molecule has 1 aromatic heterocycles. The highest BCUT2D eigenvalue weighted by molar-refractivity contribution is 6.30. The highest BCUT2D eigenvalue weighted by Gasteiger charge is 2.22. The summed E-state index contributed by atoms with van der Waals surface area (Å²) in [5, 5.41) is 0.627. The van der Waals surface area contributed by atoms with E-state index in [-0.39, 0.29) is 17.8 Å². The SMILES string of the molecule is O=c1[nH]c2c(c(=O)n1Cc1ccc(Cl)cc1)CN(Cc1ccccc1)CC2. The van der Waals surface area contributed by atoms with Crippen LogP contribution in [0.3, 0.4) is 0 Å². The molecule has 27 heavy (non-hydrogen) atoms. The van der Waals surface area contributed by atoms with E-state index in [2.05, 4.69) is 22.0 Å². The summed E-state index contributed by atoms with van der Waals surface area (Å²) >= 11 is 5.91. The fourth-order valence-corrected chi connectivity index (χ4v) is 3.62. The van der Waals surface area contributed by atoms with E-state index in [0.717, 1.165) is 24.3 Å². The Morgan fingerprint density at radius 2 is 1.63 bits per heavy atom. The van der Waals surface area contributed by atoms with E-state index in [0.29, 0.717) is 23.6 Å². The lowest BCUT2D eigenvalue weighted by molar-refractivity contribution is 0.240. The Balaban J connectivity index is 1.61. The number of benzene rings is 2. The monoisotopic (exact) mass is 381 g/mol. The molecule has 0 fully saturated rings. The topological polar surface area (TPSA) is 58.1 Å². The van der Waals surface area contributed by atoms with Gasteiger partial charge < -0.3 is 4.98 Å². The summed E-state index contributed by atoms with van der Waals surface area (Å²) in [7, 11) is 0. The zero-order chi connectivity index (χ0) is 18.8. The van der Waals surface area contributed by atoms with Crippen molar-refractivity contribution in [2.24, 2.45) is 0 Å². The van der Waals surface area contributed by atoms with Crippen LogP contribution in [0.1, 0.15) is 22.4 Å². The predicted octanol–water partition coefficient (Wildman–Crippen LogP) is 2.80. The predicted molar refractivity (Wildman–Crippen MR) is 106 cm³/mol. The highest BCUT2D eigenvalue weighted by atomic mass is 35.5. The molecule has 0 bridgehead atoms. The molecule has 138 valence electrons. The van der Waals surface area contributed by atoms with Gasteiger partial charge in [0.1, 0.15) is 0 Å². The van der Waals surface area contributed by atoms with Gasteiger partial charge in [0.05, 0.1) is 12.1 Å². The first-order chi connectivity index (χ1) is 13.1. The molecule has 0 unspecified atom stereocenters. The van der Waals surface area contributed by atoms with Crippen molar-refractivity contribution in [1.82, 2.24) is 14.5 Å². The summed E-state index contributed by atoms with van der Waals surface area (Å²) in [4.78, 5) is 30.6. The third-order valence-electron chi connectivity index (χ3n) is 4.93. The summed E-state index contributed by atoms with van der Waals surface area (Å²) in [6.07, 6.45) is 0.675. The molecule has 2 heterocycles. The van der Waals surface area contributed by atoms with Gasteiger partial charge in [-0.2, -0.15) is 0 Å². The van der Waals surface area contributed by atoms with Crippen molar-refractivity contribution in [1.29, 1.82) is 0 Å². The fraction of sp³-hybridized carbons (Fsp3) is 0.238. The van der Waals surface area contributed by atoms with Crippen LogP contribution >= 0.6 is 11.6 Å². The van der Waals surface area contributed by atoms with Crippen molar-refractivity contribution in [2.75, 3.05) is 6.54 Å². The van der Waals surface area contributed by atoms with Crippen LogP contribution in [-0.2, 0) is 26.1 Å². The molecule has 4 rings (SSSR count). The van der Waals surface area contributed by atoms with Crippen molar-refractivity contribution in [3.63, 3.8) is 0 Å². The van der Waals surface area contributed by atoms with Crippen molar-refractivity contribution >= 4 is 11.6 Å². The number of halogens is 1. The molecule has 6 heteroatoms. The first kappa shape index (κ1) is 17.8. The van der Waals surface area contributed by atoms with Crippen LogP contribution in [0.2, 0.25) is 5.02 Å². The van der Waals surface area contributed by atoms with Crippen LogP contribution < -0.4 is 11.2 Å². The average molecular weight is 382 g/mol. The number of hydrogen-bond acceptors (Lipinski definition) is 3. The van der Waals surface area contributed by atoms with Crippen LogP contribution in [-0.4, -0.2) is 21.0 Å². The van der Waals surface area contributed by atoms with Gasteiger partial charge in [-0.05, 0) is 23.3 Å². The average Bonchev–Trinajstić information content (AvgIpc) is 2.68. The third kappa shape index (κ3) is 3.89. The molecule has 1 N–H and O–H groups in total. The van der Waals surface area contributed by atoms with E-state index in [1.165, 1.54) is 10.1 Å². The number of aromatic amines is 1. The van der Waals surface area contributed by atoms with Crippen LogP contribution in [0.15, 0.2) is 64.2 Å². The second kappa shape index (κ2) is 7.55. The molecule has 0 atom stereocenters. The molecule has 0 spiro atoms. The quantitative estimate of drug-likeness (QED) is 0.756. The lowest BCUT2D eigenvalue weighted by atomic mass is 10.1. The van der Waals surface area contributed by atoms with Crippen molar-refractivity contribution < 1.29 is 0 Å². The van der Waals surface area contributed by atoms with Crippen LogP contribution in [0.5, 0.6) is 0 Å². The minimum atomic E-state index is -0.356. The molecule has 1 aliphatic rings. The van der Waals surface area contributed by atoms with Crippen LogP contribution in [0, 0.1) is 0 Å². The smallest absolute Gasteiger partial charge is 0.311 e. The number of rotatable bonds is 4. The van der Waals surface area contributed by atoms with Crippen molar-refractivity contribution in [2.45, 2.75) is 26.1 Å². The number of aromatic nitrogens is 2. The van der Waals surface area contributed by atoms with E-state index in [1.54, 1.807) is 12.1 Å². The van der Waals surface area contributed by atoms with Crippen molar-refractivity contribution in [3.8, 4) is 0 Å². The normalized spacial score (nSPS) is 14.1. The highest BCUT2D eigenvalue weighted by Crippen LogP contribution is 2.16. The maximum absolute atomic E-state index is 13.0. The Bertz CT molecular complexity index is 1060. The summed E-state index contributed by atoms with van der Waals surface area (Å²) in [6.45, 7) is 2.38. The minimum Gasteiger partial charge on any atom is -0.311 e. The Morgan fingerprint density at radius 1 is 0.926 bits per heavy atom. The van der Waals surface area contributed by atoms with E-state index in [9.17, 15) is 9.59 Å². The Kier molecular flexibility index (Phi) is 4.97. The molecule has 0 amide bonds. The summed E-state index contributed by atoms with van der Waals surface area (Å²) in [5.41, 5.74) is 2.97. The standard InChI is InChI=1S/C21H20ClN3O2/c22-17-8-6-16(7-9-17)13-25-20(26)18-14-24(11-10-19(18)23-21(25)27)12-15-4-2-1-3-5-15/h1-9H,10-14H2,(H,23,27). The maximum atomic E-state index is 13.0. The molecular weight excluding hydrogens is 362 g/mol. The lowest BCUT2D eigenvalue weighted by Gasteiger charge is -2.28. The molecule has 1 aliphatic heterocycles. The zero-order valence-electron chi connectivity index (χ0n) is 14.8. The van der Waals surface area contributed by atoms with Gasteiger partial charge >= 0.3 is 5.69 Å². The van der Waals surface area contributed by atoms with E-state index in [1.807, 2.05) is 30.3 Å². The number of nitrogens with zero attached hydrogens (tertiary/aromatic N) is 2. The van der Waals surface area contributed by atoms with Gasteiger partial charge in [0, 0.05) is 36.8 Å². The molecule has 2 aromatic carbocycles. The van der Waals surface area contributed by atoms with Gasteiger partial charge in [-0.15, -0.1) is 0 Å². The maximum Gasteiger partial charge on any atom is 0.328 e. The largest absolute Gasteiger partial charge is 0.328 e. The first-order valence-corrected chi connectivity index (χ1v) is 9.33. The summed E-state index contributed by atoms with van der Waals surface area (Å²) < 4.78 is 1.27. The molecular formula is C21H20ClN3O2. The molecule has 0 aliphatic carbocycles. The van der Waals surface area contributed by atoms with Crippen LogP contribution in [0.4, 0.5) is 0 Å². The molecule has 0 saturated heterocycles. The second-order valence-corrected chi connectivity index (χ2v) is 7.29. The Labute approximate surface area is 161 Å². The number of H-pyrrole nitrogens is 1. The number of nitrogens with one attached hydrogen (secondary N) is 1. The Morgan fingerprint density at radius 3 is 2.37 bits per heavy atom. The van der Waals surface area contributed by atoms with Crippen molar-refractivity contribution in [3.05, 3.63) is 103 Å². The lowest BCUT2D eigenvalue weighted by Crippen LogP contribution is -2.43. The molecule has 5 nitrogen and oxygen atoms in total. The molecule has 3 aromatic rings. The van der Waals surface area contributed by atoms with Gasteiger partial charge in [0.15, 0.2) is 0 Å². The minimum absolute atomic E-state index is 0.207. The van der Waals surface area contributed by atoms with Gasteiger partial charge in [-0.1, -0.05) is 54.1 Å². The molecule has 0 radical (unpaired) electrons. The summed E-state index contributed by atoms with van der Waals surface area (Å²) in [5.74, 6) is 0. The summed E-state index contributed by atoms with van der Waals surface area (Å²) in [6, 6.07) is 17.4. The number of fused-ring (bicyclic) bond motifs is 1. The van der Waals surface area contributed by atoms with Crippen LogP contribution in [0.25, 0.3) is 0 Å². The van der Waals surface area contributed by atoms with Gasteiger partial charge in [0.2, 0.25) is 0 Å². The van der Waals surface area contributed by atoms with E-state index in [4.69, 9.17) is 11.6 Å². The van der Waals surface area contributed by atoms with E-state index >= 15 is 0 Å². The van der Waals surface area contributed by atoms with Gasteiger partial charge in [0.25, 0.3) is 5.56 Å². The fourth-order valence-electron chi connectivity index (χ4n) is 3.50. The van der Waals surface area contributed by atoms with Gasteiger partial charge in [-0.25, -0.2) is 4.79 Å². The second-order valence-electron chi connectivity index (χ2n) is 6.85. The molecule has 0 saturated carbocycles. The third-order valence-corrected chi connectivity index (χ3v) is 5.19. The Hall–Kier alpha value is -2.63. The van der Waals surface area contributed by atoms with Gasteiger partial charge in [-0.3, -0.25) is 14.3 Å².